The molecule has 1 amide bonds. The SMILES string of the molecule is CNC(=O)c1c(-c2cccnc2)oc2ccc(Cl)cc12. The zero-order valence-electron chi connectivity index (χ0n) is 10.7. The van der Waals surface area contributed by atoms with Crippen LogP contribution >= 0.6 is 11.6 Å². The fraction of sp³-hybridized carbons (Fsp3) is 0.0667. The topological polar surface area (TPSA) is 55.1 Å². The standard InChI is InChI=1S/C15H11ClN2O2/c1-17-15(19)13-11-7-10(16)4-5-12(11)20-14(13)9-3-2-6-18-8-9/h2-8H,1H3,(H,17,19). The molecule has 0 spiro atoms. The Bertz CT molecular complexity index is 781. The maximum Gasteiger partial charge on any atom is 0.255 e. The number of benzene rings is 1. The van der Waals surface area contributed by atoms with Gasteiger partial charge in [0, 0.05) is 35.4 Å². The van der Waals surface area contributed by atoms with Gasteiger partial charge >= 0.3 is 0 Å². The van der Waals surface area contributed by atoms with Crippen LogP contribution in [-0.4, -0.2) is 17.9 Å². The minimum Gasteiger partial charge on any atom is -0.455 e. The molecule has 2 heterocycles. The summed E-state index contributed by atoms with van der Waals surface area (Å²) < 4.78 is 5.80. The fourth-order valence-electron chi connectivity index (χ4n) is 2.12. The van der Waals surface area contributed by atoms with Crippen molar-refractivity contribution in [2.45, 2.75) is 0 Å². The number of rotatable bonds is 2. The molecule has 3 aromatic rings. The first-order valence-electron chi connectivity index (χ1n) is 6.05. The zero-order chi connectivity index (χ0) is 14.1. The van der Waals surface area contributed by atoms with Crippen LogP contribution in [0.4, 0.5) is 0 Å². The van der Waals surface area contributed by atoms with Crippen molar-refractivity contribution in [1.82, 2.24) is 10.3 Å². The molecule has 100 valence electrons. The molecule has 0 atom stereocenters. The smallest absolute Gasteiger partial charge is 0.255 e. The Labute approximate surface area is 120 Å². The number of pyridine rings is 1. The third kappa shape index (κ3) is 2.04. The van der Waals surface area contributed by atoms with E-state index in [9.17, 15) is 4.79 Å². The molecule has 1 aromatic carbocycles. The number of carbonyl (C=O) groups is 1. The van der Waals surface area contributed by atoms with Gasteiger partial charge in [-0.15, -0.1) is 0 Å². The van der Waals surface area contributed by atoms with Crippen molar-refractivity contribution in [2.75, 3.05) is 7.05 Å². The molecule has 0 bridgehead atoms. The molecule has 0 fully saturated rings. The van der Waals surface area contributed by atoms with E-state index in [1.165, 1.54) is 0 Å². The van der Waals surface area contributed by atoms with Gasteiger partial charge in [0.2, 0.25) is 0 Å². The molecular weight excluding hydrogens is 276 g/mol. The van der Waals surface area contributed by atoms with E-state index in [2.05, 4.69) is 10.3 Å². The van der Waals surface area contributed by atoms with Crippen LogP contribution < -0.4 is 5.32 Å². The summed E-state index contributed by atoms with van der Waals surface area (Å²) in [4.78, 5) is 16.2. The lowest BCUT2D eigenvalue weighted by Gasteiger charge is -2.01. The molecule has 20 heavy (non-hydrogen) atoms. The van der Waals surface area contributed by atoms with E-state index in [0.717, 1.165) is 5.56 Å². The summed E-state index contributed by atoms with van der Waals surface area (Å²) in [5.74, 6) is 0.277. The van der Waals surface area contributed by atoms with Crippen LogP contribution in [0, 0.1) is 0 Å². The van der Waals surface area contributed by atoms with E-state index in [1.54, 1.807) is 43.7 Å². The number of amides is 1. The molecule has 5 heteroatoms. The summed E-state index contributed by atoms with van der Waals surface area (Å²) in [5, 5.41) is 3.87. The Morgan fingerprint density at radius 2 is 2.20 bits per heavy atom. The Morgan fingerprint density at radius 1 is 1.35 bits per heavy atom. The second-order valence-electron chi connectivity index (χ2n) is 4.27. The van der Waals surface area contributed by atoms with Gasteiger partial charge in [-0.3, -0.25) is 9.78 Å². The molecular formula is C15H11ClN2O2. The van der Waals surface area contributed by atoms with Gasteiger partial charge in [0.15, 0.2) is 0 Å². The molecule has 0 aliphatic carbocycles. The summed E-state index contributed by atoms with van der Waals surface area (Å²) in [7, 11) is 1.58. The molecule has 0 radical (unpaired) electrons. The quantitative estimate of drug-likeness (QED) is 0.784. The lowest BCUT2D eigenvalue weighted by Crippen LogP contribution is -2.18. The van der Waals surface area contributed by atoms with Gasteiger partial charge in [-0.25, -0.2) is 0 Å². The average Bonchev–Trinajstić information content (AvgIpc) is 2.86. The van der Waals surface area contributed by atoms with Gasteiger partial charge in [0.05, 0.1) is 5.56 Å². The average molecular weight is 287 g/mol. The van der Waals surface area contributed by atoms with Crippen molar-refractivity contribution in [3.63, 3.8) is 0 Å². The summed E-state index contributed by atoms with van der Waals surface area (Å²) in [6.45, 7) is 0. The van der Waals surface area contributed by atoms with Gasteiger partial charge in [0.1, 0.15) is 11.3 Å². The maximum absolute atomic E-state index is 12.2. The van der Waals surface area contributed by atoms with Gasteiger partial charge < -0.3 is 9.73 Å². The molecule has 0 saturated heterocycles. The highest BCUT2D eigenvalue weighted by molar-refractivity contribution is 6.31. The van der Waals surface area contributed by atoms with Gasteiger partial charge in [-0.2, -0.15) is 0 Å². The highest BCUT2D eigenvalue weighted by Crippen LogP contribution is 2.34. The Balaban J connectivity index is 2.34. The van der Waals surface area contributed by atoms with Gasteiger partial charge in [0.25, 0.3) is 5.91 Å². The van der Waals surface area contributed by atoms with Crippen LogP contribution in [0.25, 0.3) is 22.3 Å². The van der Waals surface area contributed by atoms with Crippen LogP contribution in [0.5, 0.6) is 0 Å². The molecule has 0 aliphatic heterocycles. The normalized spacial score (nSPS) is 10.7. The maximum atomic E-state index is 12.2. The summed E-state index contributed by atoms with van der Waals surface area (Å²) >= 11 is 6.01. The number of halogens is 1. The second kappa shape index (κ2) is 4.98. The molecule has 3 rings (SSSR count). The third-order valence-electron chi connectivity index (χ3n) is 3.03. The van der Waals surface area contributed by atoms with E-state index in [4.69, 9.17) is 16.0 Å². The predicted molar refractivity (Wildman–Crippen MR) is 77.8 cm³/mol. The fourth-order valence-corrected chi connectivity index (χ4v) is 2.29. The Kier molecular flexibility index (Phi) is 3.16. The molecule has 4 nitrogen and oxygen atoms in total. The first-order chi connectivity index (χ1) is 9.70. The van der Waals surface area contributed by atoms with Crippen molar-refractivity contribution < 1.29 is 9.21 Å². The highest BCUT2D eigenvalue weighted by atomic mass is 35.5. The van der Waals surface area contributed by atoms with Gasteiger partial charge in [-0.1, -0.05) is 11.6 Å². The molecule has 0 aliphatic rings. The minimum absolute atomic E-state index is 0.218. The van der Waals surface area contributed by atoms with Crippen molar-refractivity contribution in [3.05, 3.63) is 53.3 Å². The Morgan fingerprint density at radius 3 is 2.90 bits per heavy atom. The monoisotopic (exact) mass is 286 g/mol. The minimum atomic E-state index is -0.218. The Hall–Kier alpha value is -2.33. The van der Waals surface area contributed by atoms with E-state index >= 15 is 0 Å². The van der Waals surface area contributed by atoms with Crippen molar-refractivity contribution >= 4 is 28.5 Å². The van der Waals surface area contributed by atoms with Crippen LogP contribution in [-0.2, 0) is 0 Å². The van der Waals surface area contributed by atoms with Crippen LogP contribution in [0.3, 0.4) is 0 Å². The van der Waals surface area contributed by atoms with Crippen molar-refractivity contribution in [3.8, 4) is 11.3 Å². The third-order valence-corrected chi connectivity index (χ3v) is 3.26. The number of carbonyl (C=O) groups excluding carboxylic acids is 1. The van der Waals surface area contributed by atoms with E-state index in [-0.39, 0.29) is 5.91 Å². The second-order valence-corrected chi connectivity index (χ2v) is 4.70. The van der Waals surface area contributed by atoms with Crippen LogP contribution in [0.15, 0.2) is 47.1 Å². The van der Waals surface area contributed by atoms with Crippen LogP contribution in [0.1, 0.15) is 10.4 Å². The van der Waals surface area contributed by atoms with Crippen LogP contribution in [0.2, 0.25) is 5.02 Å². The molecule has 1 N–H and O–H groups in total. The lowest BCUT2D eigenvalue weighted by molar-refractivity contribution is 0.0964. The molecule has 0 saturated carbocycles. The summed E-state index contributed by atoms with van der Waals surface area (Å²) in [5.41, 5.74) is 1.84. The first-order valence-corrected chi connectivity index (χ1v) is 6.43. The molecule has 2 aromatic heterocycles. The van der Waals surface area contributed by atoms with Crippen molar-refractivity contribution in [1.29, 1.82) is 0 Å². The summed E-state index contributed by atoms with van der Waals surface area (Å²) in [6.07, 6.45) is 3.33. The largest absolute Gasteiger partial charge is 0.455 e. The number of hydrogen-bond acceptors (Lipinski definition) is 3. The van der Waals surface area contributed by atoms with E-state index < -0.39 is 0 Å². The number of fused-ring (bicyclic) bond motifs is 1. The number of furan rings is 1. The molecule has 0 unspecified atom stereocenters. The number of nitrogens with one attached hydrogen (secondary N) is 1. The lowest BCUT2D eigenvalue weighted by atomic mass is 10.1. The van der Waals surface area contributed by atoms with Gasteiger partial charge in [-0.05, 0) is 30.3 Å². The predicted octanol–water partition coefficient (Wildman–Crippen LogP) is 3.51. The first kappa shape index (κ1) is 12.7. The zero-order valence-corrected chi connectivity index (χ0v) is 11.4. The highest BCUT2D eigenvalue weighted by Gasteiger charge is 2.21. The van der Waals surface area contributed by atoms with E-state index in [0.29, 0.717) is 27.3 Å². The summed E-state index contributed by atoms with van der Waals surface area (Å²) in [6, 6.07) is 8.85. The van der Waals surface area contributed by atoms with Crippen molar-refractivity contribution in [2.24, 2.45) is 0 Å². The number of nitrogens with zero attached hydrogens (tertiary/aromatic N) is 1. The van der Waals surface area contributed by atoms with E-state index in [1.807, 2.05) is 6.07 Å². The number of hydrogen-bond donors (Lipinski definition) is 1. The number of aromatic nitrogens is 1.